The monoisotopic (exact) mass is 232 g/mol. The maximum atomic E-state index is 11.0. The quantitative estimate of drug-likeness (QED) is 0.641. The van der Waals surface area contributed by atoms with Crippen molar-refractivity contribution in [1.82, 2.24) is 0 Å². The number of fused-ring (bicyclic) bond motifs is 1. The molecule has 2 aliphatic rings. The number of dihydropyridines is 1. The molecule has 13 heavy (non-hydrogen) atoms. The molecule has 0 aliphatic carbocycles. The minimum absolute atomic E-state index is 0.0539. The van der Waals surface area contributed by atoms with E-state index in [1.807, 2.05) is 6.26 Å². The Kier molecular flexibility index (Phi) is 2.49. The van der Waals surface area contributed by atoms with Gasteiger partial charge < -0.3 is 0 Å². The Morgan fingerprint density at radius 2 is 2.38 bits per heavy atom. The summed E-state index contributed by atoms with van der Waals surface area (Å²) in [5.41, 5.74) is 0. The van der Waals surface area contributed by atoms with Gasteiger partial charge in [-0.3, -0.25) is 4.79 Å². The summed E-state index contributed by atoms with van der Waals surface area (Å²) in [4.78, 5) is 18.9. The van der Waals surface area contributed by atoms with Gasteiger partial charge in [0, 0.05) is 11.1 Å². The number of amides is 1. The molecule has 0 radical (unpaired) electrons. The number of aliphatic imine (C=N–C) groups is 2. The van der Waals surface area contributed by atoms with Gasteiger partial charge in [-0.05, 0) is 6.26 Å². The van der Waals surface area contributed by atoms with E-state index in [-0.39, 0.29) is 11.2 Å². The smallest absolute Gasteiger partial charge is 0.267 e. The van der Waals surface area contributed by atoms with Crippen LogP contribution >= 0.6 is 35.1 Å². The van der Waals surface area contributed by atoms with Gasteiger partial charge in [0.25, 0.3) is 5.91 Å². The van der Waals surface area contributed by atoms with Crippen LogP contribution < -0.4 is 0 Å². The van der Waals surface area contributed by atoms with E-state index in [0.29, 0.717) is 10.9 Å². The van der Waals surface area contributed by atoms with Crippen molar-refractivity contribution in [2.45, 2.75) is 5.25 Å². The van der Waals surface area contributed by atoms with Crippen LogP contribution in [0.2, 0.25) is 0 Å². The van der Waals surface area contributed by atoms with Crippen molar-refractivity contribution in [3.05, 3.63) is 11.1 Å². The summed E-state index contributed by atoms with van der Waals surface area (Å²) in [6, 6.07) is 0. The number of amidine groups is 1. The molecular formula is C7H5ClN2OS2. The molecule has 0 aromatic heterocycles. The normalized spacial score (nSPS) is 26.5. The van der Waals surface area contributed by atoms with Crippen molar-refractivity contribution in [1.29, 1.82) is 0 Å². The molecule has 1 unspecified atom stereocenters. The van der Waals surface area contributed by atoms with Gasteiger partial charge in [-0.1, -0.05) is 23.4 Å². The van der Waals surface area contributed by atoms with E-state index in [1.54, 1.807) is 0 Å². The highest BCUT2D eigenvalue weighted by atomic mass is 35.5. The van der Waals surface area contributed by atoms with Crippen LogP contribution in [0.5, 0.6) is 0 Å². The Bertz CT molecular complexity index is 362. The molecule has 3 nitrogen and oxygen atoms in total. The minimum atomic E-state index is -0.317. The number of hydrogen-bond donors (Lipinski definition) is 0. The zero-order chi connectivity index (χ0) is 9.42. The largest absolute Gasteiger partial charge is 0.272 e. The Balaban J connectivity index is 2.33. The van der Waals surface area contributed by atoms with Gasteiger partial charge in [-0.25, -0.2) is 4.99 Å². The molecule has 2 heterocycles. The number of nitrogens with zero attached hydrogens (tertiary/aromatic N) is 2. The highest BCUT2D eigenvalue weighted by molar-refractivity contribution is 8.39. The first-order valence-electron chi connectivity index (χ1n) is 3.49. The molecule has 0 saturated carbocycles. The molecule has 0 fully saturated rings. The fraction of sp³-hybridized carbons (Fsp3) is 0.286. The molecule has 0 N–H and O–H groups in total. The molecule has 0 saturated heterocycles. The van der Waals surface area contributed by atoms with E-state index in [4.69, 9.17) is 11.6 Å². The van der Waals surface area contributed by atoms with E-state index in [1.165, 1.54) is 29.6 Å². The molecule has 0 spiro atoms. The van der Waals surface area contributed by atoms with Gasteiger partial charge in [-0.15, -0.1) is 11.8 Å². The second-order valence-electron chi connectivity index (χ2n) is 2.42. The molecule has 1 atom stereocenters. The van der Waals surface area contributed by atoms with Crippen molar-refractivity contribution in [2.75, 3.05) is 6.26 Å². The van der Waals surface area contributed by atoms with E-state index in [2.05, 4.69) is 9.98 Å². The summed E-state index contributed by atoms with van der Waals surface area (Å²) in [5, 5.41) is 0.467. The number of thioether (sulfide) groups is 2. The maximum absolute atomic E-state index is 11.0. The fourth-order valence-electron chi connectivity index (χ4n) is 1.03. The van der Waals surface area contributed by atoms with Crippen LogP contribution in [0.3, 0.4) is 0 Å². The zero-order valence-electron chi connectivity index (χ0n) is 6.65. The number of carbonyl (C=O) groups is 1. The molecule has 0 aromatic carbocycles. The van der Waals surface area contributed by atoms with Crippen LogP contribution in [0.25, 0.3) is 0 Å². The molecule has 0 bridgehead atoms. The van der Waals surface area contributed by atoms with E-state index < -0.39 is 0 Å². The van der Waals surface area contributed by atoms with Gasteiger partial charge in [0.15, 0.2) is 5.84 Å². The van der Waals surface area contributed by atoms with Gasteiger partial charge in [-0.2, -0.15) is 4.99 Å². The Morgan fingerprint density at radius 3 is 3.08 bits per heavy atom. The third-order valence-electron chi connectivity index (χ3n) is 1.57. The lowest BCUT2D eigenvalue weighted by Crippen LogP contribution is -2.17. The average molecular weight is 233 g/mol. The summed E-state index contributed by atoms with van der Waals surface area (Å²) in [6.45, 7) is 0. The minimum Gasteiger partial charge on any atom is -0.267 e. The van der Waals surface area contributed by atoms with Gasteiger partial charge in [0.1, 0.15) is 9.63 Å². The van der Waals surface area contributed by atoms with E-state index >= 15 is 0 Å². The number of carbonyl (C=O) groups excluding carboxylic acids is 1. The first kappa shape index (κ1) is 9.30. The summed E-state index contributed by atoms with van der Waals surface area (Å²) in [5.74, 6) is 0.217. The Hall–Kier alpha value is -0.260. The van der Waals surface area contributed by atoms with Crippen LogP contribution in [0.15, 0.2) is 21.1 Å². The van der Waals surface area contributed by atoms with Gasteiger partial charge in [0.2, 0.25) is 0 Å². The summed E-state index contributed by atoms with van der Waals surface area (Å²) >= 11 is 8.96. The molecule has 6 heteroatoms. The Labute approximate surface area is 88.7 Å². The van der Waals surface area contributed by atoms with Crippen molar-refractivity contribution in [3.8, 4) is 0 Å². The van der Waals surface area contributed by atoms with Crippen LogP contribution in [-0.4, -0.2) is 27.6 Å². The van der Waals surface area contributed by atoms with Crippen molar-refractivity contribution in [3.63, 3.8) is 0 Å². The second-order valence-corrected chi connectivity index (χ2v) is 5.00. The highest BCUT2D eigenvalue weighted by Crippen LogP contribution is 2.36. The standard InChI is InChI=1S/C7H5ClN2OS2/c1-12-7-10-6-5(13-7)3(8)2-4(11)9-6/h2,5H,1H3. The van der Waals surface area contributed by atoms with Crippen LogP contribution in [-0.2, 0) is 4.79 Å². The summed E-state index contributed by atoms with van der Waals surface area (Å²) in [7, 11) is 0. The Morgan fingerprint density at radius 1 is 1.62 bits per heavy atom. The molecule has 2 aliphatic heterocycles. The predicted molar refractivity (Wildman–Crippen MR) is 58.7 cm³/mol. The van der Waals surface area contributed by atoms with Crippen molar-refractivity contribution in [2.24, 2.45) is 9.98 Å². The van der Waals surface area contributed by atoms with Crippen LogP contribution in [0, 0.1) is 0 Å². The van der Waals surface area contributed by atoms with Gasteiger partial charge >= 0.3 is 0 Å². The first-order valence-corrected chi connectivity index (χ1v) is 5.98. The molecular weight excluding hydrogens is 228 g/mol. The van der Waals surface area contributed by atoms with E-state index in [0.717, 1.165) is 4.38 Å². The molecule has 2 rings (SSSR count). The third kappa shape index (κ3) is 1.68. The maximum Gasteiger partial charge on any atom is 0.272 e. The lowest BCUT2D eigenvalue weighted by Gasteiger charge is -2.10. The lowest BCUT2D eigenvalue weighted by atomic mass is 10.3. The van der Waals surface area contributed by atoms with Crippen molar-refractivity contribution >= 4 is 51.2 Å². The summed E-state index contributed by atoms with van der Waals surface area (Å²) < 4.78 is 0.907. The summed E-state index contributed by atoms with van der Waals surface area (Å²) in [6.07, 6.45) is 3.28. The SMILES string of the molecule is CSC1=NC2=NC(=O)C=C(Cl)C2S1. The number of hydrogen-bond acceptors (Lipinski definition) is 4. The predicted octanol–water partition coefficient (Wildman–Crippen LogP) is 1.88. The molecule has 68 valence electrons. The van der Waals surface area contributed by atoms with Gasteiger partial charge in [0.05, 0.1) is 0 Å². The average Bonchev–Trinajstić information content (AvgIpc) is 2.47. The number of rotatable bonds is 0. The third-order valence-corrected chi connectivity index (χ3v) is 4.25. The molecule has 0 aromatic rings. The fourth-order valence-corrected chi connectivity index (χ4v) is 2.95. The van der Waals surface area contributed by atoms with Crippen LogP contribution in [0.1, 0.15) is 0 Å². The highest BCUT2D eigenvalue weighted by Gasteiger charge is 2.32. The molecule has 1 amide bonds. The zero-order valence-corrected chi connectivity index (χ0v) is 9.04. The van der Waals surface area contributed by atoms with Crippen molar-refractivity contribution < 1.29 is 4.79 Å². The lowest BCUT2D eigenvalue weighted by molar-refractivity contribution is -0.113. The van der Waals surface area contributed by atoms with Crippen LogP contribution in [0.4, 0.5) is 0 Å². The second kappa shape index (κ2) is 3.48. The topological polar surface area (TPSA) is 41.8 Å². The number of halogens is 1. The van der Waals surface area contributed by atoms with E-state index in [9.17, 15) is 4.79 Å². The first-order chi connectivity index (χ1) is 6.20.